The van der Waals surface area contributed by atoms with Gasteiger partial charge in [-0.15, -0.1) is 10.2 Å². The summed E-state index contributed by atoms with van der Waals surface area (Å²) in [4.78, 5) is 4.09. The molecule has 2 N–H and O–H groups in total. The van der Waals surface area contributed by atoms with Gasteiger partial charge in [0, 0.05) is 11.1 Å². The van der Waals surface area contributed by atoms with Crippen molar-refractivity contribution in [3.63, 3.8) is 0 Å². The molecule has 3 aromatic rings. The minimum Gasteiger partial charge on any atom is -0.497 e. The van der Waals surface area contributed by atoms with E-state index in [1.54, 1.807) is 30.3 Å². The van der Waals surface area contributed by atoms with Crippen LogP contribution in [-0.4, -0.2) is 22.3 Å². The van der Waals surface area contributed by atoms with Crippen molar-refractivity contribution in [1.82, 2.24) is 15.2 Å². The van der Waals surface area contributed by atoms with Gasteiger partial charge in [0.25, 0.3) is 0 Å². The Morgan fingerprint density at radius 3 is 2.32 bits per heavy atom. The number of halogens is 3. The maximum Gasteiger partial charge on any atom is 0.417 e. The molecule has 0 atom stereocenters. The van der Waals surface area contributed by atoms with Crippen LogP contribution in [0.5, 0.6) is 5.75 Å². The number of nitrogen functional groups attached to an aromatic ring is 1. The van der Waals surface area contributed by atoms with E-state index in [9.17, 15) is 13.2 Å². The van der Waals surface area contributed by atoms with Gasteiger partial charge in [0.2, 0.25) is 5.95 Å². The summed E-state index contributed by atoms with van der Waals surface area (Å²) in [6, 6.07) is 12.3. The van der Waals surface area contributed by atoms with Crippen LogP contribution in [0.4, 0.5) is 19.1 Å². The molecule has 1 aromatic heterocycles. The fourth-order valence-corrected chi connectivity index (χ4v) is 2.41. The quantitative estimate of drug-likeness (QED) is 0.780. The second-order valence-electron chi connectivity index (χ2n) is 5.14. The van der Waals surface area contributed by atoms with Gasteiger partial charge in [-0.05, 0) is 18.2 Å². The van der Waals surface area contributed by atoms with Crippen LogP contribution in [0, 0.1) is 0 Å². The number of ether oxygens (including phenoxy) is 1. The van der Waals surface area contributed by atoms with Gasteiger partial charge in [0.1, 0.15) is 17.1 Å². The van der Waals surface area contributed by atoms with Gasteiger partial charge in [-0.2, -0.15) is 13.2 Å². The Hall–Kier alpha value is -3.16. The first-order valence-corrected chi connectivity index (χ1v) is 7.21. The molecule has 25 heavy (non-hydrogen) atoms. The zero-order chi connectivity index (χ0) is 18.0. The minimum absolute atomic E-state index is 0.00428. The van der Waals surface area contributed by atoms with Crippen molar-refractivity contribution in [2.75, 3.05) is 12.8 Å². The van der Waals surface area contributed by atoms with Gasteiger partial charge in [-0.25, -0.2) is 4.98 Å². The molecule has 0 aliphatic carbocycles. The van der Waals surface area contributed by atoms with Gasteiger partial charge >= 0.3 is 6.18 Å². The molecule has 0 amide bonds. The third-order valence-corrected chi connectivity index (χ3v) is 3.54. The highest BCUT2D eigenvalue weighted by Gasteiger charge is 2.35. The monoisotopic (exact) mass is 346 g/mol. The van der Waals surface area contributed by atoms with E-state index in [1.165, 1.54) is 19.2 Å². The van der Waals surface area contributed by atoms with Crippen molar-refractivity contribution < 1.29 is 17.9 Å². The summed E-state index contributed by atoms with van der Waals surface area (Å²) in [5.41, 5.74) is 5.36. The molecule has 5 nitrogen and oxygen atoms in total. The van der Waals surface area contributed by atoms with E-state index >= 15 is 0 Å². The van der Waals surface area contributed by atoms with Crippen LogP contribution in [0.1, 0.15) is 5.56 Å². The highest BCUT2D eigenvalue weighted by Crippen LogP contribution is 2.40. The topological polar surface area (TPSA) is 73.9 Å². The van der Waals surface area contributed by atoms with E-state index in [2.05, 4.69) is 15.2 Å². The summed E-state index contributed by atoms with van der Waals surface area (Å²) in [6.07, 6.45) is -4.60. The largest absolute Gasteiger partial charge is 0.497 e. The van der Waals surface area contributed by atoms with E-state index < -0.39 is 11.7 Å². The second-order valence-corrected chi connectivity index (χ2v) is 5.14. The van der Waals surface area contributed by atoms with Crippen molar-refractivity contribution in [3.05, 3.63) is 54.1 Å². The normalized spacial score (nSPS) is 11.4. The average Bonchev–Trinajstić information content (AvgIpc) is 2.61. The first-order chi connectivity index (χ1) is 11.9. The van der Waals surface area contributed by atoms with Gasteiger partial charge in [0.15, 0.2) is 0 Å². The molecule has 2 aromatic carbocycles. The summed E-state index contributed by atoms with van der Waals surface area (Å²) in [5, 5.41) is 7.50. The lowest BCUT2D eigenvalue weighted by Crippen LogP contribution is -2.10. The fraction of sp³-hybridized carbons (Fsp3) is 0.118. The third kappa shape index (κ3) is 3.37. The number of hydrogen-bond donors (Lipinski definition) is 1. The van der Waals surface area contributed by atoms with Gasteiger partial charge in [0.05, 0.1) is 12.7 Å². The van der Waals surface area contributed by atoms with Crippen molar-refractivity contribution in [3.8, 4) is 28.3 Å². The molecule has 0 saturated carbocycles. The Bertz CT molecular complexity index is 898. The maximum absolute atomic E-state index is 13.5. The molecule has 0 aliphatic heterocycles. The number of anilines is 1. The van der Waals surface area contributed by atoms with E-state index in [-0.39, 0.29) is 28.6 Å². The SMILES string of the molecule is COc1ccc(-c2nnc(N)nc2-c2ccccc2)c(C(F)(F)F)c1. The van der Waals surface area contributed by atoms with Crippen LogP contribution >= 0.6 is 0 Å². The van der Waals surface area contributed by atoms with Crippen LogP contribution in [0.15, 0.2) is 48.5 Å². The Morgan fingerprint density at radius 2 is 1.68 bits per heavy atom. The van der Waals surface area contributed by atoms with Gasteiger partial charge in [-0.1, -0.05) is 30.3 Å². The van der Waals surface area contributed by atoms with Crippen molar-refractivity contribution in [1.29, 1.82) is 0 Å². The number of nitrogens with two attached hydrogens (primary N) is 1. The molecule has 0 bridgehead atoms. The molecule has 0 fully saturated rings. The lowest BCUT2D eigenvalue weighted by molar-refractivity contribution is -0.137. The number of aromatic nitrogens is 3. The van der Waals surface area contributed by atoms with E-state index in [0.29, 0.717) is 5.56 Å². The highest BCUT2D eigenvalue weighted by molar-refractivity contribution is 5.80. The lowest BCUT2D eigenvalue weighted by Gasteiger charge is -2.15. The number of alkyl halides is 3. The highest BCUT2D eigenvalue weighted by atomic mass is 19.4. The Labute approximate surface area is 141 Å². The van der Waals surface area contributed by atoms with Crippen molar-refractivity contribution >= 4 is 5.95 Å². The smallest absolute Gasteiger partial charge is 0.417 e. The molecule has 0 spiro atoms. The second kappa shape index (κ2) is 6.39. The maximum atomic E-state index is 13.5. The third-order valence-electron chi connectivity index (χ3n) is 3.54. The molecule has 0 radical (unpaired) electrons. The van der Waals surface area contributed by atoms with Crippen LogP contribution < -0.4 is 10.5 Å². The van der Waals surface area contributed by atoms with Crippen molar-refractivity contribution in [2.24, 2.45) is 0 Å². The van der Waals surface area contributed by atoms with Crippen LogP contribution in [0.3, 0.4) is 0 Å². The summed E-state index contributed by atoms with van der Waals surface area (Å²) in [6.45, 7) is 0. The summed E-state index contributed by atoms with van der Waals surface area (Å²) < 4.78 is 45.4. The zero-order valence-corrected chi connectivity index (χ0v) is 13.1. The van der Waals surface area contributed by atoms with Crippen LogP contribution in [0.25, 0.3) is 22.5 Å². The van der Waals surface area contributed by atoms with Gasteiger partial charge in [-0.3, -0.25) is 0 Å². The minimum atomic E-state index is -4.60. The molecule has 3 rings (SSSR count). The molecule has 0 aliphatic rings. The standard InChI is InChI=1S/C17H13F3N4O/c1-25-11-7-8-12(13(9-11)17(18,19)20)15-14(22-16(21)24-23-15)10-5-3-2-4-6-10/h2-9H,1H3,(H2,21,22,24). The number of hydrogen-bond acceptors (Lipinski definition) is 5. The first-order valence-electron chi connectivity index (χ1n) is 7.21. The summed E-state index contributed by atoms with van der Waals surface area (Å²) in [7, 11) is 1.30. The number of rotatable bonds is 3. The Balaban J connectivity index is 2.28. The average molecular weight is 346 g/mol. The molecule has 0 saturated heterocycles. The molecule has 128 valence electrons. The number of nitrogens with zero attached hydrogens (tertiary/aromatic N) is 3. The van der Waals surface area contributed by atoms with E-state index in [0.717, 1.165) is 6.07 Å². The summed E-state index contributed by atoms with van der Waals surface area (Å²) in [5.74, 6) is -0.0293. The number of methoxy groups -OCH3 is 1. The molecular formula is C17H13F3N4O. The predicted octanol–water partition coefficient (Wildman–Crippen LogP) is 3.82. The number of benzene rings is 2. The van der Waals surface area contributed by atoms with Crippen molar-refractivity contribution in [2.45, 2.75) is 6.18 Å². The predicted molar refractivity (Wildman–Crippen MR) is 86.7 cm³/mol. The molecular weight excluding hydrogens is 333 g/mol. The molecule has 1 heterocycles. The van der Waals surface area contributed by atoms with E-state index in [4.69, 9.17) is 10.5 Å². The zero-order valence-electron chi connectivity index (χ0n) is 13.1. The molecule has 8 heteroatoms. The fourth-order valence-electron chi connectivity index (χ4n) is 2.41. The Kier molecular flexibility index (Phi) is 4.26. The lowest BCUT2D eigenvalue weighted by atomic mass is 9.99. The van der Waals surface area contributed by atoms with Gasteiger partial charge < -0.3 is 10.5 Å². The van der Waals surface area contributed by atoms with Crippen LogP contribution in [-0.2, 0) is 6.18 Å². The summed E-state index contributed by atoms with van der Waals surface area (Å²) >= 11 is 0. The first kappa shape index (κ1) is 16.7. The van der Waals surface area contributed by atoms with Crippen LogP contribution in [0.2, 0.25) is 0 Å². The Morgan fingerprint density at radius 1 is 0.960 bits per heavy atom. The molecule has 0 unspecified atom stereocenters. The van der Waals surface area contributed by atoms with E-state index in [1.807, 2.05) is 0 Å².